The predicted octanol–water partition coefficient (Wildman–Crippen LogP) is -1.24. The van der Waals surface area contributed by atoms with Gasteiger partial charge in [-0.15, -0.1) is 0 Å². The standard InChI is InChI=1S/C12H14N4O3/c13-5-6-14-10(17)7-16-11(18)8-3-1-2-4-9(8)15-12(16)19/h1-4H,5-7,13H2,(H,14,17)(H,15,19). The summed E-state index contributed by atoms with van der Waals surface area (Å²) in [6.07, 6.45) is 0. The highest BCUT2D eigenvalue weighted by atomic mass is 16.2. The molecule has 0 saturated carbocycles. The number of nitrogens with zero attached hydrogens (tertiary/aromatic N) is 1. The average molecular weight is 262 g/mol. The summed E-state index contributed by atoms with van der Waals surface area (Å²) in [5.41, 5.74) is 4.62. The van der Waals surface area contributed by atoms with Gasteiger partial charge >= 0.3 is 5.69 Å². The SMILES string of the molecule is NCCNC(=O)Cn1c(=O)[nH]c2ccccc2c1=O. The summed E-state index contributed by atoms with van der Waals surface area (Å²) in [6.45, 7) is 0.285. The maximum atomic E-state index is 12.1. The molecule has 19 heavy (non-hydrogen) atoms. The molecule has 0 unspecified atom stereocenters. The van der Waals surface area contributed by atoms with Crippen LogP contribution in [0.5, 0.6) is 0 Å². The molecule has 0 aliphatic heterocycles. The van der Waals surface area contributed by atoms with Crippen LogP contribution in [0.25, 0.3) is 10.9 Å². The summed E-state index contributed by atoms with van der Waals surface area (Å²) in [5.74, 6) is -0.423. The fourth-order valence-corrected chi connectivity index (χ4v) is 1.75. The van der Waals surface area contributed by atoms with Crippen LogP contribution < -0.4 is 22.3 Å². The van der Waals surface area contributed by atoms with Crippen molar-refractivity contribution in [2.24, 2.45) is 5.73 Å². The van der Waals surface area contributed by atoms with E-state index < -0.39 is 17.2 Å². The Morgan fingerprint density at radius 1 is 1.32 bits per heavy atom. The third kappa shape index (κ3) is 2.71. The largest absolute Gasteiger partial charge is 0.353 e. The summed E-state index contributed by atoms with van der Waals surface area (Å²) in [5, 5.41) is 2.88. The van der Waals surface area contributed by atoms with E-state index in [1.54, 1.807) is 24.3 Å². The van der Waals surface area contributed by atoms with Crippen LogP contribution in [0, 0.1) is 0 Å². The third-order valence-electron chi connectivity index (χ3n) is 2.66. The number of benzene rings is 1. The van der Waals surface area contributed by atoms with Gasteiger partial charge in [0.05, 0.1) is 10.9 Å². The lowest BCUT2D eigenvalue weighted by molar-refractivity contribution is -0.121. The summed E-state index contributed by atoms with van der Waals surface area (Å²) >= 11 is 0. The second-order valence-corrected chi connectivity index (χ2v) is 4.01. The third-order valence-corrected chi connectivity index (χ3v) is 2.66. The Morgan fingerprint density at radius 2 is 2.05 bits per heavy atom. The number of aromatic nitrogens is 2. The Hall–Kier alpha value is -2.41. The van der Waals surface area contributed by atoms with Crippen molar-refractivity contribution >= 4 is 16.8 Å². The van der Waals surface area contributed by atoms with Crippen molar-refractivity contribution in [1.82, 2.24) is 14.9 Å². The Morgan fingerprint density at radius 3 is 2.79 bits per heavy atom. The van der Waals surface area contributed by atoms with Gasteiger partial charge in [-0.05, 0) is 12.1 Å². The highest BCUT2D eigenvalue weighted by molar-refractivity contribution is 5.78. The van der Waals surface area contributed by atoms with E-state index in [1.165, 1.54) is 0 Å². The number of carbonyl (C=O) groups is 1. The molecule has 0 fully saturated rings. The van der Waals surface area contributed by atoms with Gasteiger partial charge < -0.3 is 16.0 Å². The van der Waals surface area contributed by atoms with Gasteiger partial charge in [0.1, 0.15) is 6.54 Å². The summed E-state index contributed by atoms with van der Waals surface area (Å²) < 4.78 is 0.869. The summed E-state index contributed by atoms with van der Waals surface area (Å²) in [6, 6.07) is 6.65. The number of para-hydroxylation sites is 1. The Balaban J connectivity index is 2.41. The van der Waals surface area contributed by atoms with E-state index in [2.05, 4.69) is 10.3 Å². The van der Waals surface area contributed by atoms with Crippen molar-refractivity contribution in [2.75, 3.05) is 13.1 Å². The molecule has 0 spiro atoms. The maximum absolute atomic E-state index is 12.1. The second-order valence-electron chi connectivity index (χ2n) is 4.01. The highest BCUT2D eigenvalue weighted by Gasteiger charge is 2.10. The van der Waals surface area contributed by atoms with Crippen LogP contribution in [-0.4, -0.2) is 28.5 Å². The van der Waals surface area contributed by atoms with Gasteiger partial charge in [-0.3, -0.25) is 14.2 Å². The molecule has 0 aliphatic rings. The molecule has 1 aromatic heterocycles. The van der Waals surface area contributed by atoms with Crippen LogP contribution in [0.2, 0.25) is 0 Å². The highest BCUT2D eigenvalue weighted by Crippen LogP contribution is 2.02. The number of hydrogen-bond acceptors (Lipinski definition) is 4. The fraction of sp³-hybridized carbons (Fsp3) is 0.250. The zero-order chi connectivity index (χ0) is 13.8. The van der Waals surface area contributed by atoms with E-state index in [9.17, 15) is 14.4 Å². The minimum Gasteiger partial charge on any atom is -0.353 e. The fourth-order valence-electron chi connectivity index (χ4n) is 1.75. The van der Waals surface area contributed by atoms with Gasteiger partial charge in [0.25, 0.3) is 5.56 Å². The average Bonchev–Trinajstić information content (AvgIpc) is 2.41. The van der Waals surface area contributed by atoms with Crippen molar-refractivity contribution < 1.29 is 4.79 Å². The number of carbonyl (C=O) groups excluding carboxylic acids is 1. The first-order chi connectivity index (χ1) is 9.13. The topological polar surface area (TPSA) is 110 Å². The molecule has 0 atom stereocenters. The lowest BCUT2D eigenvalue weighted by atomic mass is 10.2. The predicted molar refractivity (Wildman–Crippen MR) is 70.9 cm³/mol. The molecule has 1 heterocycles. The van der Waals surface area contributed by atoms with Gasteiger partial charge in [-0.2, -0.15) is 0 Å². The van der Waals surface area contributed by atoms with Crippen LogP contribution in [-0.2, 0) is 11.3 Å². The number of nitrogens with one attached hydrogen (secondary N) is 2. The number of rotatable bonds is 4. The molecule has 1 aromatic carbocycles. The molecule has 1 amide bonds. The van der Waals surface area contributed by atoms with E-state index >= 15 is 0 Å². The molecule has 4 N–H and O–H groups in total. The second kappa shape index (κ2) is 5.49. The first-order valence-electron chi connectivity index (χ1n) is 5.82. The Kier molecular flexibility index (Phi) is 3.76. The minimum absolute atomic E-state index is 0.300. The van der Waals surface area contributed by atoms with E-state index in [4.69, 9.17) is 5.73 Å². The number of fused-ring (bicyclic) bond motifs is 1. The van der Waals surface area contributed by atoms with Crippen LogP contribution in [0.15, 0.2) is 33.9 Å². The molecule has 2 rings (SSSR count). The first-order valence-corrected chi connectivity index (χ1v) is 5.82. The quantitative estimate of drug-likeness (QED) is 0.640. The summed E-state index contributed by atoms with van der Waals surface area (Å²) in [4.78, 5) is 38.0. The Bertz CT molecular complexity index is 717. The minimum atomic E-state index is -0.605. The number of amides is 1. The molecule has 0 aliphatic carbocycles. The van der Waals surface area contributed by atoms with Crippen LogP contribution in [0.1, 0.15) is 0 Å². The molecule has 0 saturated heterocycles. The van der Waals surface area contributed by atoms with E-state index in [0.29, 0.717) is 24.0 Å². The van der Waals surface area contributed by atoms with Crippen LogP contribution >= 0.6 is 0 Å². The van der Waals surface area contributed by atoms with Crippen molar-refractivity contribution in [3.63, 3.8) is 0 Å². The number of nitrogens with two attached hydrogens (primary N) is 1. The van der Waals surface area contributed by atoms with E-state index in [0.717, 1.165) is 4.57 Å². The van der Waals surface area contributed by atoms with Crippen molar-refractivity contribution in [3.8, 4) is 0 Å². The van der Waals surface area contributed by atoms with Gasteiger partial charge in [0, 0.05) is 13.1 Å². The number of H-pyrrole nitrogens is 1. The van der Waals surface area contributed by atoms with Gasteiger partial charge in [0.15, 0.2) is 0 Å². The molecule has 0 bridgehead atoms. The van der Waals surface area contributed by atoms with Crippen molar-refractivity contribution in [3.05, 3.63) is 45.1 Å². The molecular weight excluding hydrogens is 248 g/mol. The molecule has 0 radical (unpaired) electrons. The number of aromatic amines is 1. The lowest BCUT2D eigenvalue weighted by Gasteiger charge is -2.06. The lowest BCUT2D eigenvalue weighted by Crippen LogP contribution is -2.41. The number of hydrogen-bond donors (Lipinski definition) is 3. The molecule has 100 valence electrons. The monoisotopic (exact) mass is 262 g/mol. The first kappa shape index (κ1) is 13.0. The molecule has 7 nitrogen and oxygen atoms in total. The maximum Gasteiger partial charge on any atom is 0.329 e. The summed E-state index contributed by atoms with van der Waals surface area (Å²) in [7, 11) is 0. The van der Waals surface area contributed by atoms with Gasteiger partial charge in [-0.25, -0.2) is 4.79 Å². The zero-order valence-electron chi connectivity index (χ0n) is 10.2. The normalized spacial score (nSPS) is 10.6. The van der Waals surface area contributed by atoms with Crippen molar-refractivity contribution in [1.29, 1.82) is 0 Å². The molecule has 2 aromatic rings. The smallest absolute Gasteiger partial charge is 0.329 e. The molecular formula is C12H14N4O3. The zero-order valence-corrected chi connectivity index (χ0v) is 10.2. The van der Waals surface area contributed by atoms with Crippen LogP contribution in [0.3, 0.4) is 0 Å². The van der Waals surface area contributed by atoms with Crippen LogP contribution in [0.4, 0.5) is 0 Å². The van der Waals surface area contributed by atoms with Gasteiger partial charge in [0.2, 0.25) is 5.91 Å². The van der Waals surface area contributed by atoms with Crippen molar-refractivity contribution in [2.45, 2.75) is 6.54 Å². The van der Waals surface area contributed by atoms with Gasteiger partial charge in [-0.1, -0.05) is 12.1 Å². The molecule has 7 heteroatoms. The van der Waals surface area contributed by atoms with E-state index in [-0.39, 0.29) is 6.54 Å². The Labute approximate surface area is 108 Å². The van der Waals surface area contributed by atoms with E-state index in [1.807, 2.05) is 0 Å².